The molecule has 19 heavy (non-hydrogen) atoms. The summed E-state index contributed by atoms with van der Waals surface area (Å²) in [6, 6.07) is 8.69. The van der Waals surface area contributed by atoms with Crippen LogP contribution in [0.4, 0.5) is 5.13 Å². The predicted octanol–water partition coefficient (Wildman–Crippen LogP) is 4.81. The van der Waals surface area contributed by atoms with Gasteiger partial charge in [-0.15, -0.1) is 11.3 Å². The van der Waals surface area contributed by atoms with Crippen molar-refractivity contribution in [2.45, 2.75) is 46.0 Å². The number of nitrogen functional groups attached to an aromatic ring is 1. The van der Waals surface area contributed by atoms with Crippen molar-refractivity contribution < 1.29 is 0 Å². The third-order valence-electron chi connectivity index (χ3n) is 3.22. The van der Waals surface area contributed by atoms with Crippen molar-refractivity contribution in [3.05, 3.63) is 34.7 Å². The smallest absolute Gasteiger partial charge is 0.180 e. The molecule has 0 amide bonds. The molecule has 0 aliphatic carbocycles. The Labute approximate surface area is 119 Å². The van der Waals surface area contributed by atoms with Gasteiger partial charge in [0, 0.05) is 10.4 Å². The average molecular weight is 274 g/mol. The SMILES string of the molecule is CC(C)c1sc(N)nc1-c1ccc(C(C)(C)C)cc1. The Morgan fingerprint density at radius 1 is 1.11 bits per heavy atom. The van der Waals surface area contributed by atoms with Crippen molar-refractivity contribution in [2.24, 2.45) is 0 Å². The molecule has 2 aromatic rings. The Balaban J connectivity index is 2.43. The van der Waals surface area contributed by atoms with E-state index in [9.17, 15) is 0 Å². The van der Waals surface area contributed by atoms with Gasteiger partial charge in [-0.3, -0.25) is 0 Å². The molecule has 102 valence electrons. The summed E-state index contributed by atoms with van der Waals surface area (Å²) >= 11 is 1.59. The maximum absolute atomic E-state index is 5.86. The van der Waals surface area contributed by atoms with Gasteiger partial charge in [0.1, 0.15) is 0 Å². The van der Waals surface area contributed by atoms with E-state index in [0.717, 1.165) is 11.3 Å². The topological polar surface area (TPSA) is 38.9 Å². The lowest BCUT2D eigenvalue weighted by molar-refractivity contribution is 0.590. The summed E-state index contributed by atoms with van der Waals surface area (Å²) in [4.78, 5) is 5.76. The van der Waals surface area contributed by atoms with Gasteiger partial charge < -0.3 is 5.73 Å². The molecule has 0 saturated heterocycles. The third-order valence-corrected chi connectivity index (χ3v) is 4.40. The van der Waals surface area contributed by atoms with E-state index in [1.807, 2.05) is 0 Å². The Hall–Kier alpha value is -1.35. The first kappa shape index (κ1) is 14.1. The standard InChI is InChI=1S/C16H22N2S/c1-10(2)14-13(18-15(17)19-14)11-6-8-12(9-7-11)16(3,4)5/h6-10H,1-5H3,(H2,17,18). The van der Waals surface area contributed by atoms with E-state index in [1.54, 1.807) is 11.3 Å². The number of thiazole rings is 1. The number of nitrogens with two attached hydrogens (primary N) is 1. The number of nitrogens with zero attached hydrogens (tertiary/aromatic N) is 1. The van der Waals surface area contributed by atoms with Crippen LogP contribution >= 0.6 is 11.3 Å². The van der Waals surface area contributed by atoms with Crippen LogP contribution in [0.5, 0.6) is 0 Å². The summed E-state index contributed by atoms with van der Waals surface area (Å²) in [7, 11) is 0. The van der Waals surface area contributed by atoms with Crippen LogP contribution in [0.1, 0.15) is 51.0 Å². The van der Waals surface area contributed by atoms with Crippen LogP contribution in [0, 0.1) is 0 Å². The first-order chi connectivity index (χ1) is 8.79. The summed E-state index contributed by atoms with van der Waals surface area (Å²) in [5.74, 6) is 0.451. The summed E-state index contributed by atoms with van der Waals surface area (Å²) < 4.78 is 0. The molecule has 2 nitrogen and oxygen atoms in total. The van der Waals surface area contributed by atoms with Gasteiger partial charge in [-0.25, -0.2) is 4.98 Å². The number of rotatable bonds is 2. The molecule has 1 heterocycles. The summed E-state index contributed by atoms with van der Waals surface area (Å²) in [6.07, 6.45) is 0. The number of benzene rings is 1. The van der Waals surface area contributed by atoms with Gasteiger partial charge in [0.15, 0.2) is 5.13 Å². The first-order valence-electron chi connectivity index (χ1n) is 6.66. The molecule has 0 radical (unpaired) electrons. The minimum atomic E-state index is 0.181. The van der Waals surface area contributed by atoms with Crippen LogP contribution in [0.2, 0.25) is 0 Å². The number of hydrogen-bond donors (Lipinski definition) is 1. The second-order valence-corrected chi connectivity index (χ2v) is 7.31. The zero-order chi connectivity index (χ0) is 14.2. The van der Waals surface area contributed by atoms with Crippen LogP contribution in [0.15, 0.2) is 24.3 Å². The van der Waals surface area contributed by atoms with Gasteiger partial charge >= 0.3 is 0 Å². The highest BCUT2D eigenvalue weighted by atomic mass is 32.1. The zero-order valence-corrected chi connectivity index (χ0v) is 13.1. The average Bonchev–Trinajstić information content (AvgIpc) is 2.70. The zero-order valence-electron chi connectivity index (χ0n) is 12.3. The van der Waals surface area contributed by atoms with Gasteiger partial charge in [-0.1, -0.05) is 58.9 Å². The van der Waals surface area contributed by atoms with Crippen LogP contribution in [-0.2, 0) is 5.41 Å². The Kier molecular flexibility index (Phi) is 3.68. The van der Waals surface area contributed by atoms with Crippen molar-refractivity contribution in [2.75, 3.05) is 5.73 Å². The van der Waals surface area contributed by atoms with Gasteiger partial charge in [-0.2, -0.15) is 0 Å². The van der Waals surface area contributed by atoms with E-state index in [1.165, 1.54) is 10.4 Å². The molecule has 0 spiro atoms. The second kappa shape index (κ2) is 4.97. The van der Waals surface area contributed by atoms with Crippen molar-refractivity contribution >= 4 is 16.5 Å². The minimum Gasteiger partial charge on any atom is -0.375 e. The minimum absolute atomic E-state index is 0.181. The van der Waals surface area contributed by atoms with Gasteiger partial charge in [0.05, 0.1) is 5.69 Å². The summed E-state index contributed by atoms with van der Waals surface area (Å²) in [5, 5.41) is 0.651. The van der Waals surface area contributed by atoms with E-state index in [0.29, 0.717) is 11.0 Å². The number of hydrogen-bond acceptors (Lipinski definition) is 3. The fourth-order valence-electron chi connectivity index (χ4n) is 2.08. The van der Waals surface area contributed by atoms with Crippen LogP contribution in [0.3, 0.4) is 0 Å². The lowest BCUT2D eigenvalue weighted by atomic mass is 9.86. The highest BCUT2D eigenvalue weighted by Crippen LogP contribution is 2.35. The first-order valence-corrected chi connectivity index (χ1v) is 7.48. The lowest BCUT2D eigenvalue weighted by Crippen LogP contribution is -2.10. The Bertz CT molecular complexity index is 559. The molecule has 0 atom stereocenters. The highest BCUT2D eigenvalue weighted by Gasteiger charge is 2.17. The van der Waals surface area contributed by atoms with E-state index in [4.69, 9.17) is 5.73 Å². The third kappa shape index (κ3) is 2.98. The number of anilines is 1. The molecule has 0 unspecified atom stereocenters. The van der Waals surface area contributed by atoms with Gasteiger partial charge in [0.2, 0.25) is 0 Å². The molecule has 1 aromatic heterocycles. The predicted molar refractivity (Wildman–Crippen MR) is 84.8 cm³/mol. The fraction of sp³-hybridized carbons (Fsp3) is 0.438. The van der Waals surface area contributed by atoms with E-state index in [-0.39, 0.29) is 5.41 Å². The largest absolute Gasteiger partial charge is 0.375 e. The fourth-order valence-corrected chi connectivity index (χ4v) is 2.93. The molecule has 0 bridgehead atoms. The van der Waals surface area contributed by atoms with Gasteiger partial charge in [0.25, 0.3) is 0 Å². The molecular formula is C16H22N2S. The maximum atomic E-state index is 5.86. The molecule has 0 aliphatic heterocycles. The lowest BCUT2D eigenvalue weighted by Gasteiger charge is -2.19. The normalized spacial score (nSPS) is 12.1. The van der Waals surface area contributed by atoms with Crippen LogP contribution in [-0.4, -0.2) is 4.98 Å². The van der Waals surface area contributed by atoms with Crippen molar-refractivity contribution in [1.82, 2.24) is 4.98 Å². The molecule has 2 rings (SSSR count). The maximum Gasteiger partial charge on any atom is 0.180 e. The molecular weight excluding hydrogens is 252 g/mol. The molecule has 0 saturated carbocycles. The van der Waals surface area contributed by atoms with Crippen molar-refractivity contribution in [1.29, 1.82) is 0 Å². The molecule has 1 aromatic carbocycles. The molecule has 3 heteroatoms. The van der Waals surface area contributed by atoms with E-state index >= 15 is 0 Å². The van der Waals surface area contributed by atoms with E-state index < -0.39 is 0 Å². The van der Waals surface area contributed by atoms with Crippen LogP contribution < -0.4 is 5.73 Å². The number of aromatic nitrogens is 1. The Morgan fingerprint density at radius 3 is 2.16 bits per heavy atom. The molecule has 0 fully saturated rings. The Morgan fingerprint density at radius 2 is 1.68 bits per heavy atom. The van der Waals surface area contributed by atoms with Crippen LogP contribution in [0.25, 0.3) is 11.3 Å². The van der Waals surface area contributed by atoms with Gasteiger partial charge in [-0.05, 0) is 16.9 Å². The van der Waals surface area contributed by atoms with Crippen molar-refractivity contribution in [3.8, 4) is 11.3 Å². The second-order valence-electron chi connectivity index (χ2n) is 6.25. The summed E-state index contributed by atoms with van der Waals surface area (Å²) in [6.45, 7) is 11.0. The van der Waals surface area contributed by atoms with E-state index in [2.05, 4.69) is 63.9 Å². The highest BCUT2D eigenvalue weighted by molar-refractivity contribution is 7.15. The van der Waals surface area contributed by atoms with Crippen molar-refractivity contribution in [3.63, 3.8) is 0 Å². The molecule has 2 N–H and O–H groups in total. The monoisotopic (exact) mass is 274 g/mol. The summed E-state index contributed by atoms with van der Waals surface area (Å²) in [5.41, 5.74) is 9.58. The molecule has 0 aliphatic rings. The quantitative estimate of drug-likeness (QED) is 0.853.